The number of rotatable bonds is 21. The number of hydrogen-bond donors (Lipinski definition) is 13. The Morgan fingerprint density at radius 2 is 1.49 bits per heavy atom. The molecule has 0 saturated carbocycles. The maximum atomic E-state index is 14.0. The molecule has 1 aromatic heterocycles. The molecule has 2 aromatic rings. The minimum Gasteiger partial charge on any atom is -0.481 e. The van der Waals surface area contributed by atoms with Gasteiger partial charge in [-0.25, -0.2) is 4.68 Å². The van der Waals surface area contributed by atoms with Crippen LogP contribution in [0.2, 0.25) is 0 Å². The molecule has 374 valence electrons. The Labute approximate surface area is 388 Å². The Kier molecular flexibility index (Phi) is 21.4. The highest BCUT2D eigenvalue weighted by Crippen LogP contribution is 2.21. The minimum absolute atomic E-state index is 0.0394. The first-order chi connectivity index (χ1) is 32.4. The number of aromatic nitrogens is 3. The number of nitrogens with zero attached hydrogens (tertiary/aromatic N) is 4. The van der Waals surface area contributed by atoms with Crippen molar-refractivity contribution in [1.29, 1.82) is 0 Å². The van der Waals surface area contributed by atoms with E-state index in [1.54, 1.807) is 30.3 Å². The molecule has 2 fully saturated rings. The second-order valence-corrected chi connectivity index (χ2v) is 16.1. The van der Waals surface area contributed by atoms with E-state index in [0.29, 0.717) is 17.7 Å². The molecule has 0 unspecified atom stereocenters. The van der Waals surface area contributed by atoms with Crippen LogP contribution in [0.4, 0.5) is 4.39 Å². The van der Waals surface area contributed by atoms with Crippen molar-refractivity contribution < 1.29 is 67.9 Å². The number of carbonyl (C=O) groups is 8. The molecule has 2 aliphatic heterocycles. The molecule has 68 heavy (non-hydrogen) atoms. The fourth-order valence-corrected chi connectivity index (χ4v) is 7.15. The average molecular weight is 962 g/mol. The van der Waals surface area contributed by atoms with E-state index in [4.69, 9.17) is 16.2 Å². The normalized spacial score (nSPS) is 24.9. The largest absolute Gasteiger partial charge is 0.481 e. The number of unbranched alkanes of at least 4 members (excludes halogenated alkanes) is 1. The number of amides is 7. The van der Waals surface area contributed by atoms with Crippen molar-refractivity contribution in [3.63, 3.8) is 0 Å². The smallest absolute Gasteiger partial charge is 0.305 e. The number of carboxylic acids is 1. The number of aliphatic hydroxyl groups excluding tert-OH is 3. The predicted octanol–water partition coefficient (Wildman–Crippen LogP) is -5.73. The van der Waals surface area contributed by atoms with Gasteiger partial charge in [0, 0.05) is 32.3 Å². The summed E-state index contributed by atoms with van der Waals surface area (Å²) in [7, 11) is 0. The van der Waals surface area contributed by atoms with E-state index in [1.165, 1.54) is 10.9 Å². The summed E-state index contributed by atoms with van der Waals surface area (Å²) in [4.78, 5) is 109. The predicted molar refractivity (Wildman–Crippen MR) is 234 cm³/mol. The zero-order chi connectivity index (χ0) is 49.8. The van der Waals surface area contributed by atoms with Crippen LogP contribution in [0.3, 0.4) is 0 Å². The van der Waals surface area contributed by atoms with Gasteiger partial charge in [-0.3, -0.25) is 47.7 Å². The van der Waals surface area contributed by atoms with Crippen LogP contribution in [0.25, 0.3) is 0 Å². The van der Waals surface area contributed by atoms with Gasteiger partial charge in [-0.1, -0.05) is 35.5 Å². The average Bonchev–Trinajstić information content (AvgIpc) is 3.75. The van der Waals surface area contributed by atoms with Gasteiger partial charge in [0.1, 0.15) is 55.1 Å². The first-order valence-electron chi connectivity index (χ1n) is 21.9. The van der Waals surface area contributed by atoms with Crippen LogP contribution < -0.4 is 48.7 Å². The first-order valence-corrected chi connectivity index (χ1v) is 21.9. The molecule has 4 rings (SSSR count). The molecule has 0 spiro atoms. The summed E-state index contributed by atoms with van der Waals surface area (Å²) in [5, 5.41) is 66.4. The number of benzene rings is 1. The van der Waals surface area contributed by atoms with Gasteiger partial charge in [0.05, 0.1) is 25.3 Å². The van der Waals surface area contributed by atoms with Gasteiger partial charge < -0.3 is 73.8 Å². The number of hydrogen-bond acceptors (Lipinski definition) is 15. The molecule has 15 N–H and O–H groups in total. The van der Waals surface area contributed by atoms with Crippen LogP contribution in [0.1, 0.15) is 56.2 Å². The highest BCUT2D eigenvalue weighted by Gasteiger charge is 2.46. The number of nitrogens with one attached hydrogen (secondary N) is 7. The molecule has 27 heteroatoms. The highest BCUT2D eigenvalue weighted by atomic mass is 19.1. The number of carbonyl (C=O) groups excluding carboxylic acids is 7. The lowest BCUT2D eigenvalue weighted by molar-refractivity contribution is -0.219. The number of aliphatic imine (C=N–C) groups is 1. The van der Waals surface area contributed by atoms with Gasteiger partial charge in [-0.05, 0) is 50.5 Å². The molecule has 0 radical (unpaired) electrons. The number of carboxylic acid groups (broad SMARTS) is 1. The van der Waals surface area contributed by atoms with E-state index < -0.39 is 122 Å². The molecule has 9 atom stereocenters. The van der Waals surface area contributed by atoms with Gasteiger partial charge in [0.2, 0.25) is 35.4 Å². The van der Waals surface area contributed by atoms with E-state index in [2.05, 4.69) is 52.5 Å². The number of nitrogens with two attached hydrogens (primary N) is 2. The lowest BCUT2D eigenvalue weighted by atomic mass is 9.94. The van der Waals surface area contributed by atoms with E-state index in [-0.39, 0.29) is 77.1 Å². The molecule has 7 amide bonds. The number of aryl methyl sites for hydroxylation is 1. The van der Waals surface area contributed by atoms with Crippen LogP contribution in [-0.4, -0.2) is 176 Å². The van der Waals surface area contributed by atoms with E-state index >= 15 is 0 Å². The lowest BCUT2D eigenvalue weighted by Crippen LogP contribution is -2.63. The van der Waals surface area contributed by atoms with Gasteiger partial charge in [0.15, 0.2) is 12.1 Å². The third-order valence-electron chi connectivity index (χ3n) is 10.7. The van der Waals surface area contributed by atoms with Gasteiger partial charge in [-0.15, -0.1) is 5.10 Å². The topological polar surface area (TPSA) is 406 Å². The quantitative estimate of drug-likeness (QED) is 0.0315. The second kappa shape index (κ2) is 27.1. The maximum Gasteiger partial charge on any atom is 0.305 e. The molecular formula is C41H60FN13O13. The van der Waals surface area contributed by atoms with Crippen molar-refractivity contribution in [1.82, 2.24) is 52.2 Å². The molecule has 2 saturated heterocycles. The minimum atomic E-state index is -1.87. The molecule has 1 aromatic carbocycles. The number of halogens is 1. The maximum absolute atomic E-state index is 14.0. The van der Waals surface area contributed by atoms with Gasteiger partial charge in [0.25, 0.3) is 5.91 Å². The van der Waals surface area contributed by atoms with Gasteiger partial charge in [-0.2, -0.15) is 0 Å². The summed E-state index contributed by atoms with van der Waals surface area (Å²) in [6, 6.07) is 2.70. The number of aliphatic hydroxyl groups is 3. The second-order valence-electron chi connectivity index (χ2n) is 16.1. The summed E-state index contributed by atoms with van der Waals surface area (Å²) in [5.41, 5.74) is 11.9. The Balaban J connectivity index is 1.45. The summed E-state index contributed by atoms with van der Waals surface area (Å²) in [5.74, 6) is -7.62. The fraction of sp³-hybridized carbons (Fsp3) is 0.585. The van der Waals surface area contributed by atoms with Crippen molar-refractivity contribution in [3.05, 3.63) is 47.8 Å². The standard InChI is InChI=1S/C41H60FN13O13/c42-13-6-10-23-20-55(54-53-23)21-30(57)47-18-28-32(60)33(61)34(62)35(68-28)40(67)45-14-5-4-11-25-37(64)50-24(12-7-15-46-41(43)44)36(63)48-19-29(56)49-27(17-31(58)59)39(66)52-26(38(65)51-25)16-22-8-2-1-3-9-22/h1-3,8-9,20,24-28,32-35,60-62H,4-7,10-19,21H2,(H,45,67)(H,47,57)(H,48,63)(H,49,56)(H,50,64)(H,51,65)(H,52,66)(H,58,59)(H4,43,44,46)/t24-,25-,26+,27-,28-,32-,33+,34+,35-/m0/s1. The molecule has 3 heterocycles. The first kappa shape index (κ1) is 53.8. The zero-order valence-corrected chi connectivity index (χ0v) is 37.1. The van der Waals surface area contributed by atoms with Crippen molar-refractivity contribution in [2.24, 2.45) is 16.5 Å². The summed E-state index contributed by atoms with van der Waals surface area (Å²) in [6.07, 6.45) is -7.09. The monoisotopic (exact) mass is 961 g/mol. The Morgan fingerprint density at radius 1 is 0.824 bits per heavy atom. The number of aliphatic carboxylic acids is 1. The number of alkyl halides is 1. The SMILES string of the molecule is NC(N)=NCCC[C@@H]1NC(=O)[C@H](CCCCNC(=O)[C@H]2O[C@@H](CNC(=O)Cn3cc(CCCF)nn3)[C@H](O)[C@@H](O)[C@H]2O)NC(=O)[C@@H](Cc2ccccc2)NC(=O)[C@H](CC(=O)O)NC(=O)CNC1=O. The summed E-state index contributed by atoms with van der Waals surface area (Å²) < 4.78 is 19.3. The van der Waals surface area contributed by atoms with Crippen molar-refractivity contribution in [2.45, 2.75) is 119 Å². The Morgan fingerprint density at radius 3 is 2.18 bits per heavy atom. The van der Waals surface area contributed by atoms with Crippen LogP contribution in [0, 0.1) is 0 Å². The van der Waals surface area contributed by atoms with Crippen LogP contribution in [0.15, 0.2) is 41.5 Å². The van der Waals surface area contributed by atoms with Crippen molar-refractivity contribution in [2.75, 3.05) is 32.9 Å². The Hall–Kier alpha value is -6.84. The van der Waals surface area contributed by atoms with Crippen LogP contribution in [0.5, 0.6) is 0 Å². The third-order valence-corrected chi connectivity index (χ3v) is 10.7. The molecule has 2 aliphatic rings. The lowest BCUT2D eigenvalue weighted by Gasteiger charge is -2.40. The zero-order valence-electron chi connectivity index (χ0n) is 37.1. The molecule has 0 aliphatic carbocycles. The van der Waals surface area contributed by atoms with Crippen molar-refractivity contribution >= 4 is 53.3 Å². The highest BCUT2D eigenvalue weighted by molar-refractivity contribution is 5.98. The van der Waals surface area contributed by atoms with Crippen LogP contribution in [-0.2, 0) is 62.5 Å². The molecular weight excluding hydrogens is 902 g/mol. The fourth-order valence-electron chi connectivity index (χ4n) is 7.15. The van der Waals surface area contributed by atoms with E-state index in [0.717, 1.165) is 0 Å². The summed E-state index contributed by atoms with van der Waals surface area (Å²) in [6.45, 7) is -1.94. The number of guanidine groups is 1. The van der Waals surface area contributed by atoms with Gasteiger partial charge >= 0.3 is 5.97 Å². The molecule has 26 nitrogen and oxygen atoms in total. The Bertz CT molecular complexity index is 2080. The summed E-state index contributed by atoms with van der Waals surface area (Å²) >= 11 is 0. The number of ether oxygens (including phenoxy) is 1. The third kappa shape index (κ3) is 17.4. The van der Waals surface area contributed by atoms with E-state index in [1.807, 2.05) is 0 Å². The van der Waals surface area contributed by atoms with Crippen molar-refractivity contribution in [3.8, 4) is 0 Å². The van der Waals surface area contributed by atoms with Crippen LogP contribution >= 0.6 is 0 Å². The molecule has 0 bridgehead atoms. The van der Waals surface area contributed by atoms with E-state index in [9.17, 15) is 63.2 Å².